The number of rotatable bonds is 10. The number of hydrogen-bond acceptors (Lipinski definition) is 4. The quantitative estimate of drug-likeness (QED) is 0.193. The second kappa shape index (κ2) is 14.1. The molecule has 2 unspecified atom stereocenters. The number of nitrogens with two attached hydrogens (primary N) is 2. The molecule has 9 nitrogen and oxygen atoms in total. The highest BCUT2D eigenvalue weighted by Crippen LogP contribution is 2.29. The molecule has 0 bridgehead atoms. The van der Waals surface area contributed by atoms with Crippen LogP contribution in [0.5, 0.6) is 0 Å². The summed E-state index contributed by atoms with van der Waals surface area (Å²) in [4.78, 5) is 29.3. The molecule has 2 aliphatic rings. The van der Waals surface area contributed by atoms with Gasteiger partial charge in [0.2, 0.25) is 11.8 Å². The summed E-state index contributed by atoms with van der Waals surface area (Å²) in [7, 11) is 0. The minimum atomic E-state index is -0.705. The van der Waals surface area contributed by atoms with Gasteiger partial charge in [0.15, 0.2) is 5.96 Å². The summed E-state index contributed by atoms with van der Waals surface area (Å²) in [5.74, 6) is -1.26. The lowest BCUT2D eigenvalue weighted by molar-refractivity contribution is -0.131. The van der Waals surface area contributed by atoms with Gasteiger partial charge in [0.05, 0.1) is 5.92 Å². The van der Waals surface area contributed by atoms with Crippen LogP contribution in [0.25, 0.3) is 0 Å². The van der Waals surface area contributed by atoms with Crippen molar-refractivity contribution >= 4 is 23.6 Å². The highest BCUT2D eigenvalue weighted by molar-refractivity contribution is 5.95. The van der Waals surface area contributed by atoms with Crippen LogP contribution < -0.4 is 22.1 Å². The number of amidine groups is 1. The Labute approximate surface area is 241 Å². The number of nitrogens with zero attached hydrogens (tertiary/aromatic N) is 1. The van der Waals surface area contributed by atoms with Gasteiger partial charge in [-0.25, -0.2) is 4.39 Å². The molecule has 1 saturated carbocycles. The van der Waals surface area contributed by atoms with Gasteiger partial charge in [-0.1, -0.05) is 55.7 Å². The Hall–Kier alpha value is -3.95. The molecule has 2 fully saturated rings. The molecule has 2 atom stereocenters. The van der Waals surface area contributed by atoms with E-state index >= 15 is 0 Å². The van der Waals surface area contributed by atoms with E-state index in [2.05, 4.69) is 10.6 Å². The SMILES string of the molecule is N=C(N)c1ccc(CC(C(=O)NC(C(=O)NCC2CCN(C(=N)N)CC2)C2CCCCC2)c2cccc(F)c2)cc1. The number of amides is 2. The summed E-state index contributed by atoms with van der Waals surface area (Å²) in [6, 6.07) is 12.5. The molecule has 1 saturated heterocycles. The van der Waals surface area contributed by atoms with Gasteiger partial charge in [-0.15, -0.1) is 0 Å². The summed E-state index contributed by atoms with van der Waals surface area (Å²) in [5.41, 5.74) is 13.2. The second-order valence-corrected chi connectivity index (χ2v) is 11.4. The van der Waals surface area contributed by atoms with Crippen LogP contribution in [-0.2, 0) is 16.0 Å². The third kappa shape index (κ3) is 8.28. The molecule has 2 amide bonds. The Bertz CT molecular complexity index is 1220. The molecule has 2 aromatic carbocycles. The van der Waals surface area contributed by atoms with E-state index in [1.807, 2.05) is 17.0 Å². The maximum atomic E-state index is 14.2. The summed E-state index contributed by atoms with van der Waals surface area (Å²) < 4.78 is 14.2. The Kier molecular flexibility index (Phi) is 10.3. The van der Waals surface area contributed by atoms with Crippen molar-refractivity contribution in [1.82, 2.24) is 15.5 Å². The highest BCUT2D eigenvalue weighted by atomic mass is 19.1. The molecule has 1 heterocycles. The molecule has 0 radical (unpaired) electrons. The molecule has 0 aromatic heterocycles. The van der Waals surface area contributed by atoms with E-state index in [9.17, 15) is 14.0 Å². The Balaban J connectivity index is 1.49. The first-order valence-electron chi connectivity index (χ1n) is 14.6. The zero-order valence-corrected chi connectivity index (χ0v) is 23.5. The van der Waals surface area contributed by atoms with Crippen molar-refractivity contribution in [1.29, 1.82) is 10.8 Å². The fraction of sp³-hybridized carbons (Fsp3) is 0.484. The molecular weight excluding hydrogens is 521 g/mol. The topological polar surface area (TPSA) is 161 Å². The number of nitrogens with one attached hydrogen (secondary N) is 4. The predicted octanol–water partition coefficient (Wildman–Crippen LogP) is 3.22. The fourth-order valence-corrected chi connectivity index (χ4v) is 5.99. The van der Waals surface area contributed by atoms with Crippen LogP contribution in [0.2, 0.25) is 0 Å². The molecule has 1 aliphatic carbocycles. The summed E-state index contributed by atoms with van der Waals surface area (Å²) in [6.45, 7) is 1.90. The Morgan fingerprint density at radius 1 is 0.951 bits per heavy atom. The molecule has 220 valence electrons. The van der Waals surface area contributed by atoms with E-state index in [1.165, 1.54) is 12.1 Å². The lowest BCUT2D eigenvalue weighted by Gasteiger charge is -2.34. The van der Waals surface area contributed by atoms with Gasteiger partial charge < -0.3 is 27.0 Å². The first-order valence-corrected chi connectivity index (χ1v) is 14.6. The molecular formula is C31H42FN7O2. The van der Waals surface area contributed by atoms with Crippen LogP contribution in [0.3, 0.4) is 0 Å². The first kappa shape index (κ1) is 30.0. The molecule has 10 heteroatoms. The predicted molar refractivity (Wildman–Crippen MR) is 158 cm³/mol. The van der Waals surface area contributed by atoms with Crippen LogP contribution in [-0.4, -0.2) is 54.2 Å². The standard InChI is InChI=1S/C31H42FN7O2/c32-25-8-4-7-24(18-25)26(17-20-9-11-23(12-10-20)28(33)34)29(40)38-27(22-5-2-1-3-6-22)30(41)37-19-21-13-15-39(16-14-21)31(35)36/h4,7-12,18,21-22,26-27H,1-3,5-6,13-17,19H2,(H3,33,34)(H3,35,36)(H,37,41)(H,38,40). The summed E-state index contributed by atoms with van der Waals surface area (Å²) >= 11 is 0. The van der Waals surface area contributed by atoms with Crippen molar-refractivity contribution in [2.24, 2.45) is 23.3 Å². The van der Waals surface area contributed by atoms with Crippen LogP contribution >= 0.6 is 0 Å². The van der Waals surface area contributed by atoms with Crippen LogP contribution in [0.4, 0.5) is 4.39 Å². The number of hydrogen-bond donors (Lipinski definition) is 6. The maximum Gasteiger partial charge on any atom is 0.242 e. The maximum absolute atomic E-state index is 14.2. The Morgan fingerprint density at radius 3 is 2.24 bits per heavy atom. The number of guanidine groups is 1. The summed E-state index contributed by atoms with van der Waals surface area (Å²) in [6.07, 6.45) is 6.87. The lowest BCUT2D eigenvalue weighted by atomic mass is 9.82. The van der Waals surface area contributed by atoms with E-state index in [4.69, 9.17) is 22.3 Å². The zero-order chi connectivity index (χ0) is 29.4. The van der Waals surface area contributed by atoms with E-state index in [0.29, 0.717) is 37.2 Å². The van der Waals surface area contributed by atoms with Gasteiger partial charge in [0, 0.05) is 25.2 Å². The number of halogens is 1. The van der Waals surface area contributed by atoms with Gasteiger partial charge in [0.1, 0.15) is 17.7 Å². The van der Waals surface area contributed by atoms with Crippen molar-refractivity contribution < 1.29 is 14.0 Å². The minimum Gasteiger partial charge on any atom is -0.384 e. The van der Waals surface area contributed by atoms with Gasteiger partial charge in [-0.2, -0.15) is 0 Å². The number of carbonyl (C=O) groups is 2. The molecule has 1 aliphatic heterocycles. The second-order valence-electron chi connectivity index (χ2n) is 11.4. The normalized spacial score (nSPS) is 17.8. The third-order valence-electron chi connectivity index (χ3n) is 8.49. The fourth-order valence-electron chi connectivity index (χ4n) is 5.99. The molecule has 0 spiro atoms. The van der Waals surface area contributed by atoms with Gasteiger partial charge in [-0.3, -0.25) is 20.4 Å². The minimum absolute atomic E-state index is 0.0373. The average molecular weight is 564 g/mol. The largest absolute Gasteiger partial charge is 0.384 e. The van der Waals surface area contributed by atoms with Crippen molar-refractivity contribution in [3.05, 3.63) is 71.0 Å². The molecule has 8 N–H and O–H groups in total. The molecule has 2 aromatic rings. The average Bonchev–Trinajstić information content (AvgIpc) is 2.98. The number of carbonyl (C=O) groups excluding carboxylic acids is 2. The number of piperidine rings is 1. The van der Waals surface area contributed by atoms with Crippen LogP contribution in [0.1, 0.15) is 67.6 Å². The Morgan fingerprint density at radius 2 is 1.63 bits per heavy atom. The van der Waals surface area contributed by atoms with Gasteiger partial charge in [0.25, 0.3) is 0 Å². The van der Waals surface area contributed by atoms with Crippen molar-refractivity contribution in [3.8, 4) is 0 Å². The van der Waals surface area contributed by atoms with Gasteiger partial charge in [-0.05, 0) is 67.2 Å². The number of nitrogen functional groups attached to an aromatic ring is 1. The van der Waals surface area contributed by atoms with E-state index < -0.39 is 17.8 Å². The monoisotopic (exact) mass is 563 g/mol. The molecule has 4 rings (SSSR count). The van der Waals surface area contributed by atoms with Crippen molar-refractivity contribution in [2.45, 2.75) is 63.3 Å². The van der Waals surface area contributed by atoms with Gasteiger partial charge >= 0.3 is 0 Å². The highest BCUT2D eigenvalue weighted by Gasteiger charge is 2.34. The van der Waals surface area contributed by atoms with Crippen LogP contribution in [0, 0.1) is 28.5 Å². The number of benzene rings is 2. The number of likely N-dealkylation sites (tertiary alicyclic amines) is 1. The third-order valence-corrected chi connectivity index (χ3v) is 8.49. The lowest BCUT2D eigenvalue weighted by Crippen LogP contribution is -2.53. The van der Waals surface area contributed by atoms with Crippen molar-refractivity contribution in [3.63, 3.8) is 0 Å². The van der Waals surface area contributed by atoms with E-state index in [-0.39, 0.29) is 35.4 Å². The smallest absolute Gasteiger partial charge is 0.242 e. The van der Waals surface area contributed by atoms with Crippen LogP contribution in [0.15, 0.2) is 48.5 Å². The van der Waals surface area contributed by atoms with E-state index in [1.54, 1.807) is 24.3 Å². The first-order chi connectivity index (χ1) is 19.7. The zero-order valence-electron chi connectivity index (χ0n) is 23.5. The summed E-state index contributed by atoms with van der Waals surface area (Å²) in [5, 5.41) is 21.4. The van der Waals surface area contributed by atoms with E-state index in [0.717, 1.165) is 50.5 Å². The molecule has 41 heavy (non-hydrogen) atoms. The van der Waals surface area contributed by atoms with Crippen molar-refractivity contribution in [2.75, 3.05) is 19.6 Å².